The van der Waals surface area contributed by atoms with Gasteiger partial charge in [-0.1, -0.05) is 0 Å². The van der Waals surface area contributed by atoms with Gasteiger partial charge in [-0.15, -0.1) is 35.3 Å². The first kappa shape index (κ1) is 19.0. The molecule has 132 valence electrons. The number of rotatable bonds is 4. The van der Waals surface area contributed by atoms with Crippen molar-refractivity contribution in [1.82, 2.24) is 19.6 Å². The summed E-state index contributed by atoms with van der Waals surface area (Å²) in [6.07, 6.45) is 6.58. The highest BCUT2D eigenvalue weighted by atomic mass is 127. The number of halogens is 1. The Hall–Kier alpha value is -1.36. The molecular formula is C15H23IN6OS. The smallest absolute Gasteiger partial charge is 0.217 e. The second-order valence-electron chi connectivity index (χ2n) is 5.85. The minimum absolute atomic E-state index is 0. The molecule has 24 heavy (non-hydrogen) atoms. The number of hydrogen-bond acceptors (Lipinski definition) is 4. The van der Waals surface area contributed by atoms with Crippen LogP contribution in [0.3, 0.4) is 0 Å². The molecule has 0 spiro atoms. The second-order valence-corrected chi connectivity index (χ2v) is 6.72. The summed E-state index contributed by atoms with van der Waals surface area (Å²) in [7, 11) is 1.78. The number of imidazole rings is 1. The zero-order valence-electron chi connectivity index (χ0n) is 13.6. The van der Waals surface area contributed by atoms with Crippen LogP contribution in [0.4, 0.5) is 0 Å². The van der Waals surface area contributed by atoms with Gasteiger partial charge < -0.3 is 16.0 Å². The van der Waals surface area contributed by atoms with Crippen molar-refractivity contribution in [2.24, 2.45) is 16.6 Å². The highest BCUT2D eigenvalue weighted by molar-refractivity contribution is 14.0. The summed E-state index contributed by atoms with van der Waals surface area (Å²) in [6, 6.07) is 0. The molecule has 1 saturated heterocycles. The van der Waals surface area contributed by atoms with Crippen LogP contribution in [0.1, 0.15) is 25.0 Å². The number of nitrogens with one attached hydrogen (secondary N) is 1. The Morgan fingerprint density at radius 2 is 2.42 bits per heavy atom. The fourth-order valence-electron chi connectivity index (χ4n) is 3.07. The molecule has 0 aliphatic carbocycles. The van der Waals surface area contributed by atoms with Gasteiger partial charge in [0.25, 0.3) is 0 Å². The lowest BCUT2D eigenvalue weighted by Gasteiger charge is -2.34. The van der Waals surface area contributed by atoms with E-state index in [1.165, 1.54) is 0 Å². The van der Waals surface area contributed by atoms with Crippen molar-refractivity contribution in [3.8, 4) is 0 Å². The zero-order valence-corrected chi connectivity index (χ0v) is 16.8. The van der Waals surface area contributed by atoms with Gasteiger partial charge in [0.1, 0.15) is 0 Å². The average molecular weight is 462 g/mol. The molecule has 1 aliphatic rings. The number of carbonyl (C=O) groups excluding carboxylic acids is 1. The molecule has 9 heteroatoms. The van der Waals surface area contributed by atoms with Crippen molar-refractivity contribution in [3.63, 3.8) is 0 Å². The topological polar surface area (TPSA) is 88.0 Å². The monoisotopic (exact) mass is 462 g/mol. The summed E-state index contributed by atoms with van der Waals surface area (Å²) < 4.78 is 2.02. The zero-order chi connectivity index (χ0) is 16.2. The van der Waals surface area contributed by atoms with E-state index in [0.717, 1.165) is 42.5 Å². The summed E-state index contributed by atoms with van der Waals surface area (Å²) in [5, 5.41) is 5.39. The lowest BCUT2D eigenvalue weighted by atomic mass is 9.95. The van der Waals surface area contributed by atoms with E-state index < -0.39 is 0 Å². The Kier molecular flexibility index (Phi) is 6.84. The molecule has 1 fully saturated rings. The molecule has 1 amide bonds. The number of aliphatic imine (C=N–C) groups is 1. The van der Waals surface area contributed by atoms with Crippen LogP contribution in [0.15, 0.2) is 22.8 Å². The number of aromatic nitrogens is 2. The van der Waals surface area contributed by atoms with E-state index in [-0.39, 0.29) is 29.9 Å². The molecule has 0 bridgehead atoms. The fourth-order valence-corrected chi connectivity index (χ4v) is 3.79. The Morgan fingerprint density at radius 3 is 3.12 bits per heavy atom. The fraction of sp³-hybridized carbons (Fsp3) is 0.533. The standard InChI is InChI=1S/C15H22N6OS.HI/c1-17-14(20-4-2-3-11(9-20)7-13(16)22)18-8-12-10-21-5-6-23-15(21)19-12;/h5-6,10-11H,2-4,7-9H2,1H3,(H2,16,22)(H,17,18);1H. The van der Waals surface area contributed by atoms with Crippen molar-refractivity contribution < 1.29 is 4.79 Å². The third kappa shape index (κ3) is 4.59. The van der Waals surface area contributed by atoms with Crippen LogP contribution in [-0.4, -0.2) is 46.3 Å². The number of primary amides is 1. The van der Waals surface area contributed by atoms with E-state index in [0.29, 0.717) is 18.9 Å². The predicted molar refractivity (Wildman–Crippen MR) is 107 cm³/mol. The summed E-state index contributed by atoms with van der Waals surface area (Å²) in [4.78, 5) is 23.3. The van der Waals surface area contributed by atoms with Crippen LogP contribution in [0, 0.1) is 5.92 Å². The van der Waals surface area contributed by atoms with Crippen LogP contribution in [-0.2, 0) is 11.3 Å². The summed E-state index contributed by atoms with van der Waals surface area (Å²) >= 11 is 1.62. The third-order valence-corrected chi connectivity index (χ3v) is 4.86. The lowest BCUT2D eigenvalue weighted by molar-refractivity contribution is -0.119. The van der Waals surface area contributed by atoms with Gasteiger partial charge in [-0.3, -0.25) is 14.2 Å². The maximum absolute atomic E-state index is 11.1. The number of hydrogen-bond donors (Lipinski definition) is 2. The molecule has 3 rings (SSSR count). The quantitative estimate of drug-likeness (QED) is 0.411. The minimum atomic E-state index is -0.224. The van der Waals surface area contributed by atoms with Crippen LogP contribution in [0.2, 0.25) is 0 Å². The molecule has 2 aromatic heterocycles. The maximum Gasteiger partial charge on any atom is 0.217 e. The van der Waals surface area contributed by atoms with Gasteiger partial charge in [0, 0.05) is 44.3 Å². The molecule has 1 atom stereocenters. The number of piperidine rings is 1. The van der Waals surface area contributed by atoms with E-state index in [1.807, 2.05) is 22.2 Å². The minimum Gasteiger partial charge on any atom is -0.370 e. The van der Waals surface area contributed by atoms with Gasteiger partial charge in [0.2, 0.25) is 5.91 Å². The molecule has 3 N–H and O–H groups in total. The summed E-state index contributed by atoms with van der Waals surface area (Å²) in [5.74, 6) is 0.950. The van der Waals surface area contributed by atoms with Crippen LogP contribution in [0.5, 0.6) is 0 Å². The Bertz CT molecular complexity index is 683. The van der Waals surface area contributed by atoms with Crippen molar-refractivity contribution in [1.29, 1.82) is 0 Å². The normalized spacial score (nSPS) is 18.5. The molecule has 0 radical (unpaired) electrons. The van der Waals surface area contributed by atoms with Crippen molar-refractivity contribution in [3.05, 3.63) is 23.5 Å². The maximum atomic E-state index is 11.1. The molecule has 2 aromatic rings. The first-order valence-electron chi connectivity index (χ1n) is 7.80. The molecule has 7 nitrogen and oxygen atoms in total. The van der Waals surface area contributed by atoms with Crippen molar-refractivity contribution in [2.45, 2.75) is 25.8 Å². The van der Waals surface area contributed by atoms with E-state index in [9.17, 15) is 4.79 Å². The largest absolute Gasteiger partial charge is 0.370 e. The predicted octanol–water partition coefficient (Wildman–Crippen LogP) is 1.68. The number of fused-ring (bicyclic) bond motifs is 1. The Morgan fingerprint density at radius 1 is 1.58 bits per heavy atom. The SMILES string of the molecule is CN=C(NCc1cn2ccsc2n1)N1CCCC(CC(N)=O)C1.I. The van der Waals surface area contributed by atoms with Gasteiger partial charge in [-0.2, -0.15) is 0 Å². The molecule has 1 unspecified atom stereocenters. The Labute approximate surface area is 162 Å². The molecule has 0 saturated carbocycles. The van der Waals surface area contributed by atoms with E-state index in [2.05, 4.69) is 20.2 Å². The first-order valence-corrected chi connectivity index (χ1v) is 8.68. The van der Waals surface area contributed by atoms with Gasteiger partial charge >= 0.3 is 0 Å². The number of carbonyl (C=O) groups is 1. The molecule has 1 aliphatic heterocycles. The number of thiazole rings is 1. The molecule has 0 aromatic carbocycles. The first-order chi connectivity index (χ1) is 11.2. The van der Waals surface area contributed by atoms with Gasteiger partial charge in [-0.05, 0) is 18.8 Å². The van der Waals surface area contributed by atoms with Crippen LogP contribution in [0.25, 0.3) is 4.96 Å². The lowest BCUT2D eigenvalue weighted by Crippen LogP contribution is -2.46. The number of amides is 1. The van der Waals surface area contributed by atoms with Crippen LogP contribution >= 0.6 is 35.3 Å². The summed E-state index contributed by atoms with van der Waals surface area (Å²) in [5.41, 5.74) is 6.32. The Balaban J connectivity index is 0.00000208. The van der Waals surface area contributed by atoms with Gasteiger partial charge in [-0.25, -0.2) is 4.98 Å². The number of nitrogens with two attached hydrogens (primary N) is 1. The van der Waals surface area contributed by atoms with Crippen molar-refractivity contribution in [2.75, 3.05) is 20.1 Å². The molecular weight excluding hydrogens is 439 g/mol. The van der Waals surface area contributed by atoms with Gasteiger partial charge in [0.05, 0.1) is 12.2 Å². The average Bonchev–Trinajstić information content (AvgIpc) is 3.09. The highest BCUT2D eigenvalue weighted by Crippen LogP contribution is 2.19. The number of nitrogens with zero attached hydrogens (tertiary/aromatic N) is 4. The highest BCUT2D eigenvalue weighted by Gasteiger charge is 2.23. The molecule has 3 heterocycles. The van der Waals surface area contributed by atoms with E-state index in [4.69, 9.17) is 5.73 Å². The van der Waals surface area contributed by atoms with Gasteiger partial charge in [0.15, 0.2) is 10.9 Å². The second kappa shape index (κ2) is 8.65. The third-order valence-electron chi connectivity index (χ3n) is 4.09. The summed E-state index contributed by atoms with van der Waals surface area (Å²) in [6.45, 7) is 2.41. The number of guanidine groups is 1. The van der Waals surface area contributed by atoms with E-state index in [1.54, 1.807) is 18.4 Å². The number of likely N-dealkylation sites (tertiary alicyclic amines) is 1. The van der Waals surface area contributed by atoms with Crippen LogP contribution < -0.4 is 11.1 Å². The van der Waals surface area contributed by atoms with Crippen molar-refractivity contribution >= 4 is 52.1 Å². The van der Waals surface area contributed by atoms with E-state index >= 15 is 0 Å².